The molecule has 0 unspecified atom stereocenters. The second-order valence-corrected chi connectivity index (χ2v) is 8.88. The topological polar surface area (TPSA) is 69.2 Å². The van der Waals surface area contributed by atoms with Crippen molar-refractivity contribution < 1.29 is 18.7 Å². The minimum absolute atomic E-state index is 0.0278. The maximum Gasteiger partial charge on any atom is 0.328 e. The van der Waals surface area contributed by atoms with Crippen LogP contribution in [0.25, 0.3) is 17.0 Å². The van der Waals surface area contributed by atoms with Crippen molar-refractivity contribution in [3.63, 3.8) is 0 Å². The van der Waals surface area contributed by atoms with E-state index >= 15 is 8.78 Å². The van der Waals surface area contributed by atoms with Crippen molar-refractivity contribution in [3.05, 3.63) is 70.4 Å². The monoisotopic (exact) mass is 437 g/mol. The molecule has 5 rings (SSSR count). The molecule has 166 valence electrons. The van der Waals surface area contributed by atoms with E-state index in [0.717, 1.165) is 60.2 Å². The Labute approximate surface area is 184 Å². The largest absolute Gasteiger partial charge is 0.478 e. The lowest BCUT2D eigenvalue weighted by atomic mass is 9.81. The molecule has 2 aliphatic rings. The molecule has 1 aliphatic heterocycles. The fourth-order valence-electron chi connectivity index (χ4n) is 5.60. The van der Waals surface area contributed by atoms with Crippen LogP contribution in [0.4, 0.5) is 8.78 Å². The summed E-state index contributed by atoms with van der Waals surface area (Å²) in [6.45, 7) is 2.13. The van der Waals surface area contributed by atoms with Crippen molar-refractivity contribution in [1.82, 2.24) is 15.1 Å². The molecule has 5 nitrogen and oxygen atoms in total. The lowest BCUT2D eigenvalue weighted by Crippen LogP contribution is -2.48. The molecule has 1 aromatic heterocycles. The number of hydrogen-bond acceptors (Lipinski definition) is 3. The summed E-state index contributed by atoms with van der Waals surface area (Å²) in [7, 11) is 0. The van der Waals surface area contributed by atoms with Crippen LogP contribution in [0.2, 0.25) is 0 Å². The van der Waals surface area contributed by atoms with E-state index in [2.05, 4.69) is 22.0 Å². The molecule has 1 fully saturated rings. The average Bonchev–Trinajstić information content (AvgIpc) is 3.43. The quantitative estimate of drug-likeness (QED) is 0.550. The molecule has 2 heterocycles. The standard InChI is InChI=1S/C25H25F2N3O2/c1-14-10-18-17(7-8-22-19(18)13-28-29-22)25(30(14)16-4-2-3-5-16)24-20(26)11-15(12-21(24)27)6-9-23(31)32/h6-9,11-14,16,25H,2-5,10H2,1H3,(H,28,29)(H,31,32)/b9-6+/t14-,25+/m0/s1. The van der Waals surface area contributed by atoms with Crippen LogP contribution in [-0.4, -0.2) is 38.3 Å². The number of halogens is 2. The predicted molar refractivity (Wildman–Crippen MR) is 118 cm³/mol. The Balaban J connectivity index is 1.69. The Hall–Kier alpha value is -3.06. The molecule has 0 spiro atoms. The fraction of sp³-hybridized carbons (Fsp3) is 0.360. The van der Waals surface area contributed by atoms with Gasteiger partial charge >= 0.3 is 5.97 Å². The highest BCUT2D eigenvalue weighted by Crippen LogP contribution is 2.45. The van der Waals surface area contributed by atoms with Gasteiger partial charge in [0.25, 0.3) is 0 Å². The first-order valence-corrected chi connectivity index (χ1v) is 11.1. The minimum atomic E-state index is -1.17. The van der Waals surface area contributed by atoms with Crippen molar-refractivity contribution in [2.45, 2.75) is 57.2 Å². The molecular formula is C25H25F2N3O2. The number of hydrogen-bond donors (Lipinski definition) is 2. The van der Waals surface area contributed by atoms with Gasteiger partial charge in [0.05, 0.1) is 17.8 Å². The van der Waals surface area contributed by atoms with Crippen LogP contribution in [-0.2, 0) is 11.2 Å². The van der Waals surface area contributed by atoms with E-state index in [1.54, 1.807) is 6.20 Å². The molecule has 1 aliphatic carbocycles. The number of rotatable bonds is 4. The second-order valence-electron chi connectivity index (χ2n) is 8.88. The molecule has 32 heavy (non-hydrogen) atoms. The van der Waals surface area contributed by atoms with Crippen LogP contribution in [0.1, 0.15) is 60.9 Å². The normalized spacial score (nSPS) is 22.1. The van der Waals surface area contributed by atoms with E-state index in [1.807, 2.05) is 12.1 Å². The number of carbonyl (C=O) groups is 1. The van der Waals surface area contributed by atoms with Crippen LogP contribution in [0.3, 0.4) is 0 Å². The maximum atomic E-state index is 15.5. The first kappa shape index (κ1) is 20.8. The third kappa shape index (κ3) is 3.50. The average molecular weight is 437 g/mol. The van der Waals surface area contributed by atoms with Crippen LogP contribution < -0.4 is 0 Å². The van der Waals surface area contributed by atoms with Crippen LogP contribution in [0.5, 0.6) is 0 Å². The van der Waals surface area contributed by atoms with Crippen molar-refractivity contribution >= 4 is 22.9 Å². The van der Waals surface area contributed by atoms with Crippen LogP contribution >= 0.6 is 0 Å². The summed E-state index contributed by atoms with van der Waals surface area (Å²) >= 11 is 0. The third-order valence-electron chi connectivity index (χ3n) is 6.91. The van der Waals surface area contributed by atoms with Crippen molar-refractivity contribution in [2.75, 3.05) is 0 Å². The summed E-state index contributed by atoms with van der Waals surface area (Å²) in [6.07, 6.45) is 8.96. The lowest BCUT2D eigenvalue weighted by molar-refractivity contribution is -0.131. The first-order valence-electron chi connectivity index (χ1n) is 11.1. The van der Waals surface area contributed by atoms with Gasteiger partial charge in [-0.25, -0.2) is 13.6 Å². The summed E-state index contributed by atoms with van der Waals surface area (Å²) < 4.78 is 31.0. The van der Waals surface area contributed by atoms with Gasteiger partial charge in [0.1, 0.15) is 11.6 Å². The maximum absolute atomic E-state index is 15.5. The number of nitrogens with zero attached hydrogens (tertiary/aromatic N) is 2. The zero-order chi connectivity index (χ0) is 22.4. The highest BCUT2D eigenvalue weighted by atomic mass is 19.1. The van der Waals surface area contributed by atoms with Gasteiger partial charge < -0.3 is 5.11 Å². The zero-order valence-corrected chi connectivity index (χ0v) is 17.8. The Bertz CT molecular complexity index is 1190. The molecule has 3 aromatic rings. The Morgan fingerprint density at radius 1 is 1.22 bits per heavy atom. The van der Waals surface area contributed by atoms with Crippen LogP contribution in [0, 0.1) is 11.6 Å². The van der Waals surface area contributed by atoms with Gasteiger partial charge in [0.2, 0.25) is 0 Å². The van der Waals surface area contributed by atoms with Crippen molar-refractivity contribution in [2.24, 2.45) is 0 Å². The van der Waals surface area contributed by atoms with E-state index < -0.39 is 23.6 Å². The summed E-state index contributed by atoms with van der Waals surface area (Å²) in [5.74, 6) is -2.48. The van der Waals surface area contributed by atoms with E-state index in [0.29, 0.717) is 0 Å². The molecule has 1 saturated carbocycles. The minimum Gasteiger partial charge on any atom is -0.478 e. The molecule has 0 bridgehead atoms. The molecule has 2 atom stereocenters. The van der Waals surface area contributed by atoms with Gasteiger partial charge in [-0.2, -0.15) is 5.10 Å². The van der Waals surface area contributed by atoms with Crippen molar-refractivity contribution in [3.8, 4) is 0 Å². The number of nitrogens with one attached hydrogen (secondary N) is 1. The summed E-state index contributed by atoms with van der Waals surface area (Å²) in [5.41, 5.74) is 3.12. The lowest BCUT2D eigenvalue weighted by Gasteiger charge is -2.46. The van der Waals surface area contributed by atoms with Gasteiger partial charge in [0.15, 0.2) is 0 Å². The molecule has 2 aromatic carbocycles. The number of aliphatic carboxylic acids is 1. The van der Waals surface area contributed by atoms with Gasteiger partial charge in [-0.05, 0) is 67.2 Å². The highest BCUT2D eigenvalue weighted by molar-refractivity contribution is 5.85. The van der Waals surface area contributed by atoms with Gasteiger partial charge in [-0.15, -0.1) is 0 Å². The van der Waals surface area contributed by atoms with Gasteiger partial charge in [-0.3, -0.25) is 10.00 Å². The Kier molecular flexibility index (Phi) is 5.29. The number of fused-ring (bicyclic) bond motifs is 3. The fourth-order valence-corrected chi connectivity index (χ4v) is 5.60. The Morgan fingerprint density at radius 3 is 2.62 bits per heavy atom. The second kappa shape index (κ2) is 8.13. The predicted octanol–water partition coefficient (Wildman–Crippen LogP) is 5.22. The smallest absolute Gasteiger partial charge is 0.328 e. The number of carboxylic acid groups (broad SMARTS) is 1. The molecule has 2 N–H and O–H groups in total. The Morgan fingerprint density at radius 2 is 1.94 bits per heavy atom. The van der Waals surface area contributed by atoms with Crippen molar-refractivity contribution in [1.29, 1.82) is 0 Å². The summed E-state index contributed by atoms with van der Waals surface area (Å²) in [5, 5.41) is 17.0. The third-order valence-corrected chi connectivity index (χ3v) is 6.91. The first-order chi connectivity index (χ1) is 15.4. The number of H-pyrrole nitrogens is 1. The number of benzene rings is 2. The van der Waals surface area contributed by atoms with Gasteiger partial charge in [-0.1, -0.05) is 18.9 Å². The van der Waals surface area contributed by atoms with E-state index in [-0.39, 0.29) is 23.2 Å². The van der Waals surface area contributed by atoms with E-state index in [1.165, 1.54) is 18.2 Å². The van der Waals surface area contributed by atoms with E-state index in [9.17, 15) is 4.79 Å². The molecule has 0 radical (unpaired) electrons. The summed E-state index contributed by atoms with van der Waals surface area (Å²) in [6, 6.07) is 6.17. The van der Waals surface area contributed by atoms with Crippen LogP contribution in [0.15, 0.2) is 36.5 Å². The molecule has 0 amide bonds. The zero-order valence-electron chi connectivity index (χ0n) is 17.8. The molecule has 0 saturated heterocycles. The highest BCUT2D eigenvalue weighted by Gasteiger charge is 2.41. The molecule has 7 heteroatoms. The van der Waals surface area contributed by atoms with Gasteiger partial charge in [0, 0.05) is 29.1 Å². The number of carboxylic acids is 1. The SMILES string of the molecule is C[C@H]1Cc2c(ccc3[nH]ncc23)[C@H](c2c(F)cc(/C=C/C(=O)O)cc2F)N1C1CCCC1. The number of aromatic nitrogens is 2. The van der Waals surface area contributed by atoms with E-state index in [4.69, 9.17) is 5.11 Å². The summed E-state index contributed by atoms with van der Waals surface area (Å²) in [4.78, 5) is 13.1. The molecular weight excluding hydrogens is 412 g/mol. The number of aromatic amines is 1.